The summed E-state index contributed by atoms with van der Waals surface area (Å²) in [5.74, 6) is 4.44. The average Bonchev–Trinajstić information content (AvgIpc) is 3.48. The summed E-state index contributed by atoms with van der Waals surface area (Å²) in [5, 5.41) is 3.39. The van der Waals surface area contributed by atoms with E-state index in [-0.39, 0.29) is 43.0 Å². The molecule has 0 heterocycles. The molecule has 0 aromatic carbocycles. The van der Waals surface area contributed by atoms with Gasteiger partial charge in [-0.05, 0) is 80.3 Å². The molecule has 0 saturated heterocycles. The third-order valence-corrected chi connectivity index (χ3v) is 23.5. The lowest BCUT2D eigenvalue weighted by molar-refractivity contribution is -0.144. The van der Waals surface area contributed by atoms with Gasteiger partial charge >= 0.3 is 17.9 Å². The van der Waals surface area contributed by atoms with E-state index in [9.17, 15) is 14.4 Å². The second-order valence-electron chi connectivity index (χ2n) is 24.5. The van der Waals surface area contributed by atoms with Gasteiger partial charge in [0.15, 0.2) is 0 Å². The summed E-state index contributed by atoms with van der Waals surface area (Å²) in [5.41, 5.74) is 0. The summed E-state index contributed by atoms with van der Waals surface area (Å²) < 4.78 is 34.8. The van der Waals surface area contributed by atoms with E-state index in [0.717, 1.165) is 99.8 Å². The Balaban J connectivity index is 4.62. The zero-order valence-corrected chi connectivity index (χ0v) is 62.2. The number of carbonyl (C=O) groups excluding carboxylic acids is 3. The highest BCUT2D eigenvalue weighted by atomic mass is 32.2. The molecule has 0 amide bonds. The molecule has 1 N–H and O–H groups in total. The Morgan fingerprint density at radius 2 is 0.558 bits per heavy atom. The van der Waals surface area contributed by atoms with Gasteiger partial charge in [0.1, 0.15) is 19.8 Å². The van der Waals surface area contributed by atoms with Gasteiger partial charge < -0.3 is 38.6 Å². The predicted molar refractivity (Wildman–Crippen MR) is 386 cm³/mol. The smallest absolute Gasteiger partial charge is 0.307 e. The van der Waals surface area contributed by atoms with Crippen molar-refractivity contribution >= 4 is 88.5 Å². The molecule has 0 fully saturated rings. The van der Waals surface area contributed by atoms with Crippen LogP contribution in [0.3, 0.4) is 0 Å². The molecule has 0 aliphatic rings. The number of carbonyl (C=O) groups is 3. The monoisotopic (exact) mass is 1330 g/mol. The Bertz CT molecular complexity index is 1420. The van der Waals surface area contributed by atoms with Crippen molar-refractivity contribution in [3.8, 4) is 0 Å². The minimum absolute atomic E-state index is 0.00100. The quantitative estimate of drug-likeness (QED) is 0.0269. The summed E-state index contributed by atoms with van der Waals surface area (Å²) >= 11 is 11.1. The molecule has 0 aromatic heterocycles. The molecule has 0 unspecified atom stereocenters. The van der Waals surface area contributed by atoms with E-state index in [1.807, 2.05) is 70.6 Å². The minimum atomic E-state index is -0.223. The van der Waals surface area contributed by atoms with Crippen LogP contribution < -0.4 is 5.32 Å². The first-order chi connectivity index (χ1) is 41.6. The average molecular weight is 1330 g/mol. The summed E-state index contributed by atoms with van der Waals surface area (Å²) in [7, 11) is 0. The summed E-state index contributed by atoms with van der Waals surface area (Å²) in [4.78, 5) is 40.7. The van der Waals surface area contributed by atoms with E-state index < -0.39 is 0 Å². The van der Waals surface area contributed by atoms with Gasteiger partial charge in [-0.3, -0.25) is 14.4 Å². The van der Waals surface area contributed by atoms with Crippen molar-refractivity contribution in [1.29, 1.82) is 0 Å². The van der Waals surface area contributed by atoms with Crippen LogP contribution in [0.25, 0.3) is 0 Å². The fourth-order valence-corrected chi connectivity index (χ4v) is 16.2. The number of hydrogen-bond donors (Lipinski definition) is 1. The SMILES string of the molecule is CCCCCCCCCCCCOCCSC(C)(C)SCCOC(=O)CCNCCCN(CCC(=O)OCCSC(C)(C)SCCOCCCCCCCCCCCC)CCC(=O)OCCSC(C)(C)SCCOCCCCCCCCCCCC. The van der Waals surface area contributed by atoms with Crippen molar-refractivity contribution in [2.75, 3.05) is 127 Å². The summed E-state index contributed by atoms with van der Waals surface area (Å²) in [6.07, 6.45) is 41.6. The molecule has 17 heteroatoms. The fourth-order valence-electron chi connectivity index (χ4n) is 9.67. The summed E-state index contributed by atoms with van der Waals surface area (Å²) in [6, 6.07) is 0. The van der Waals surface area contributed by atoms with Gasteiger partial charge in [0.25, 0.3) is 0 Å². The van der Waals surface area contributed by atoms with Crippen molar-refractivity contribution in [3.63, 3.8) is 0 Å². The molecule has 0 aliphatic carbocycles. The van der Waals surface area contributed by atoms with Crippen LogP contribution in [0.4, 0.5) is 0 Å². The molecular weight excluding hydrogens is 1190 g/mol. The van der Waals surface area contributed by atoms with Crippen LogP contribution in [0.5, 0.6) is 0 Å². The maximum absolute atomic E-state index is 13.0. The Hall–Kier alpha value is 0.310. The molecule has 0 spiro atoms. The number of hydrogen-bond acceptors (Lipinski definition) is 17. The molecule has 0 bridgehead atoms. The highest BCUT2D eigenvalue weighted by Gasteiger charge is 2.22. The molecular formula is C69H136N2O9S6. The first-order valence-electron chi connectivity index (χ1n) is 35.1. The van der Waals surface area contributed by atoms with E-state index in [2.05, 4.69) is 72.5 Å². The van der Waals surface area contributed by atoms with Crippen molar-refractivity contribution in [2.24, 2.45) is 0 Å². The van der Waals surface area contributed by atoms with Gasteiger partial charge in [0, 0.05) is 74.0 Å². The first kappa shape index (κ1) is 86.3. The van der Waals surface area contributed by atoms with Crippen LogP contribution >= 0.6 is 70.6 Å². The Kier molecular flexibility index (Phi) is 64.3. The largest absolute Gasteiger partial charge is 0.465 e. The Morgan fingerprint density at radius 3 is 0.849 bits per heavy atom. The zero-order valence-electron chi connectivity index (χ0n) is 57.3. The fraction of sp³-hybridized carbons (Fsp3) is 0.957. The number of unbranched alkanes of at least 4 members (excludes halogenated alkanes) is 27. The number of nitrogens with one attached hydrogen (secondary N) is 1. The van der Waals surface area contributed by atoms with E-state index in [1.165, 1.54) is 173 Å². The lowest BCUT2D eigenvalue weighted by atomic mass is 10.1. The van der Waals surface area contributed by atoms with Crippen LogP contribution in [-0.2, 0) is 42.8 Å². The lowest BCUT2D eigenvalue weighted by Gasteiger charge is -2.24. The predicted octanol–water partition coefficient (Wildman–Crippen LogP) is 19.5. The Morgan fingerprint density at radius 1 is 0.302 bits per heavy atom. The first-order valence-corrected chi connectivity index (χ1v) is 41.0. The zero-order chi connectivity index (χ0) is 63.2. The highest BCUT2D eigenvalue weighted by Crippen LogP contribution is 2.38. The van der Waals surface area contributed by atoms with Crippen molar-refractivity contribution in [1.82, 2.24) is 10.2 Å². The van der Waals surface area contributed by atoms with Crippen LogP contribution in [0.15, 0.2) is 0 Å². The normalized spacial score (nSPS) is 12.2. The summed E-state index contributed by atoms with van der Waals surface area (Å²) in [6.45, 7) is 29.1. The molecule has 512 valence electrons. The van der Waals surface area contributed by atoms with E-state index in [1.54, 1.807) is 0 Å². The van der Waals surface area contributed by atoms with Crippen molar-refractivity contribution in [3.05, 3.63) is 0 Å². The molecule has 0 radical (unpaired) electrons. The van der Waals surface area contributed by atoms with Gasteiger partial charge in [0.2, 0.25) is 0 Å². The molecule has 0 atom stereocenters. The second-order valence-corrected chi connectivity index (χ2v) is 35.6. The maximum Gasteiger partial charge on any atom is 0.307 e. The molecule has 11 nitrogen and oxygen atoms in total. The van der Waals surface area contributed by atoms with Crippen LogP contribution in [-0.4, -0.2) is 162 Å². The number of ether oxygens (including phenoxy) is 6. The number of thioether (sulfide) groups is 6. The van der Waals surface area contributed by atoms with Gasteiger partial charge in [-0.1, -0.05) is 194 Å². The number of nitrogens with zero attached hydrogens (tertiary/aromatic N) is 1. The maximum atomic E-state index is 13.0. The third-order valence-electron chi connectivity index (χ3n) is 14.9. The highest BCUT2D eigenvalue weighted by molar-refractivity contribution is 8.19. The van der Waals surface area contributed by atoms with E-state index in [0.29, 0.717) is 59.0 Å². The third kappa shape index (κ3) is 65.8. The number of esters is 3. The van der Waals surface area contributed by atoms with Gasteiger partial charge in [-0.15, -0.1) is 70.6 Å². The lowest BCUT2D eigenvalue weighted by Crippen LogP contribution is -2.32. The van der Waals surface area contributed by atoms with Crippen LogP contribution in [0.1, 0.15) is 281 Å². The second kappa shape index (κ2) is 64.0. The topological polar surface area (TPSA) is 122 Å². The van der Waals surface area contributed by atoms with Gasteiger partial charge in [-0.2, -0.15) is 0 Å². The molecule has 0 saturated carbocycles. The van der Waals surface area contributed by atoms with Crippen molar-refractivity contribution < 1.29 is 42.8 Å². The number of rotatable bonds is 70. The standard InChI is InChI=1S/C69H136N2O9S6/c1-10-13-16-19-22-25-28-31-34-37-49-75-52-58-81-67(4,5)84-61-55-78-64(72)41-45-70-44-40-46-71(47-42-65(73)79-56-62-85-68(6,7)82-59-53-76-50-38-35-32-29-26-23-20-17-14-11-2)48-43-66(74)80-57-63-86-69(8,9)83-60-54-77-51-39-36-33-30-27-24-21-18-15-12-3/h70H,10-63H2,1-9H3. The van der Waals surface area contributed by atoms with E-state index in [4.69, 9.17) is 28.4 Å². The minimum Gasteiger partial charge on any atom is -0.465 e. The Labute approximate surface area is 557 Å². The molecule has 0 aliphatic heterocycles. The molecule has 86 heavy (non-hydrogen) atoms. The van der Waals surface area contributed by atoms with Crippen LogP contribution in [0.2, 0.25) is 0 Å². The van der Waals surface area contributed by atoms with Gasteiger partial charge in [-0.25, -0.2) is 0 Å². The van der Waals surface area contributed by atoms with Gasteiger partial charge in [0.05, 0.1) is 51.3 Å². The van der Waals surface area contributed by atoms with Crippen molar-refractivity contribution in [2.45, 2.75) is 293 Å². The molecule has 0 aromatic rings. The van der Waals surface area contributed by atoms with Crippen LogP contribution in [0, 0.1) is 0 Å². The van der Waals surface area contributed by atoms with E-state index >= 15 is 0 Å². The molecule has 0 rings (SSSR count).